The average molecular weight is 300 g/mol. The molecule has 3 nitrogen and oxygen atoms in total. The first-order valence-corrected chi connectivity index (χ1v) is 7.36. The molecule has 1 aromatic rings. The lowest BCUT2D eigenvalue weighted by atomic mass is 10.1. The summed E-state index contributed by atoms with van der Waals surface area (Å²) >= 11 is 0. The summed E-state index contributed by atoms with van der Waals surface area (Å²) in [6.45, 7) is 10.1. The van der Waals surface area contributed by atoms with Gasteiger partial charge in [-0.25, -0.2) is 4.79 Å². The van der Waals surface area contributed by atoms with Crippen LogP contribution in [0.1, 0.15) is 37.7 Å². The van der Waals surface area contributed by atoms with Gasteiger partial charge in [0.05, 0.1) is 12.9 Å². The summed E-state index contributed by atoms with van der Waals surface area (Å²) in [4.78, 5) is 11.3. The van der Waals surface area contributed by atoms with Crippen LogP contribution >= 0.6 is 0 Å². The molecule has 22 heavy (non-hydrogen) atoms. The lowest BCUT2D eigenvalue weighted by Gasteiger charge is -1.96. The van der Waals surface area contributed by atoms with Crippen molar-refractivity contribution in [3.8, 4) is 0 Å². The van der Waals surface area contributed by atoms with E-state index in [1.54, 1.807) is 13.2 Å². The van der Waals surface area contributed by atoms with Crippen LogP contribution in [0.2, 0.25) is 0 Å². The Morgan fingerprint density at radius 3 is 2.55 bits per heavy atom. The fourth-order valence-electron chi connectivity index (χ4n) is 1.87. The van der Waals surface area contributed by atoms with Crippen molar-refractivity contribution < 1.29 is 13.9 Å². The van der Waals surface area contributed by atoms with Gasteiger partial charge in [0.2, 0.25) is 0 Å². The second-order valence-corrected chi connectivity index (χ2v) is 5.13. The molecule has 0 amide bonds. The average Bonchev–Trinajstić information content (AvgIpc) is 2.76. The quantitative estimate of drug-likeness (QED) is 0.425. The largest absolute Gasteiger partial charge is 0.469 e. The van der Waals surface area contributed by atoms with Crippen LogP contribution in [0.3, 0.4) is 0 Å². The lowest BCUT2D eigenvalue weighted by Crippen LogP contribution is -1.99. The van der Waals surface area contributed by atoms with Crippen molar-refractivity contribution in [3.05, 3.63) is 64.7 Å². The zero-order valence-electron chi connectivity index (χ0n) is 14.0. The van der Waals surface area contributed by atoms with Crippen molar-refractivity contribution in [1.82, 2.24) is 0 Å². The van der Waals surface area contributed by atoms with Crippen molar-refractivity contribution >= 4 is 12.0 Å². The number of esters is 1. The lowest BCUT2D eigenvalue weighted by molar-refractivity contribution is -0.137. The first-order valence-electron chi connectivity index (χ1n) is 7.36. The van der Waals surface area contributed by atoms with E-state index in [1.165, 1.54) is 6.08 Å². The van der Waals surface area contributed by atoms with Crippen molar-refractivity contribution in [2.45, 2.75) is 34.6 Å². The molecule has 1 rings (SSSR count). The zero-order valence-corrected chi connectivity index (χ0v) is 14.0. The highest BCUT2D eigenvalue weighted by molar-refractivity contribution is 5.83. The smallest absolute Gasteiger partial charge is 0.330 e. The Balaban J connectivity index is 2.66. The third-order valence-corrected chi connectivity index (χ3v) is 3.08. The Kier molecular flexibility index (Phi) is 7.17. The molecule has 0 unspecified atom stereocenters. The molecule has 1 heterocycles. The summed E-state index contributed by atoms with van der Waals surface area (Å²) in [6.07, 6.45) is 13.1. The van der Waals surface area contributed by atoms with Crippen LogP contribution in [0.15, 0.2) is 52.2 Å². The number of aryl methyl sites for hydroxylation is 2. The summed E-state index contributed by atoms with van der Waals surface area (Å²) in [6, 6.07) is 0. The number of rotatable bonds is 6. The van der Waals surface area contributed by atoms with E-state index < -0.39 is 0 Å². The standard InChI is InChI=1S/C19H24O3/c1-6-21-19(20)12-15(3)9-7-8-14(2)10-11-18-16(4)13-22-17(18)5/h7-13H,6H2,1-5H3. The van der Waals surface area contributed by atoms with Crippen LogP contribution in [-0.2, 0) is 9.53 Å². The van der Waals surface area contributed by atoms with Crippen LogP contribution in [0.4, 0.5) is 0 Å². The van der Waals surface area contributed by atoms with Crippen LogP contribution in [0.5, 0.6) is 0 Å². The highest BCUT2D eigenvalue weighted by Gasteiger charge is 2.01. The molecule has 0 saturated heterocycles. The van der Waals surface area contributed by atoms with Crippen molar-refractivity contribution in [2.24, 2.45) is 0 Å². The fourth-order valence-corrected chi connectivity index (χ4v) is 1.87. The summed E-state index contributed by atoms with van der Waals surface area (Å²) in [5.41, 5.74) is 4.22. The third kappa shape index (κ3) is 6.00. The Morgan fingerprint density at radius 1 is 1.23 bits per heavy atom. The summed E-state index contributed by atoms with van der Waals surface area (Å²) in [5.74, 6) is 0.612. The molecule has 0 spiro atoms. The van der Waals surface area contributed by atoms with Gasteiger partial charge in [0, 0.05) is 11.6 Å². The van der Waals surface area contributed by atoms with Gasteiger partial charge < -0.3 is 9.15 Å². The van der Waals surface area contributed by atoms with Crippen molar-refractivity contribution in [3.63, 3.8) is 0 Å². The number of carbonyl (C=O) groups is 1. The Labute approximate surface area is 132 Å². The molecular formula is C19H24O3. The highest BCUT2D eigenvalue weighted by Crippen LogP contribution is 2.17. The maximum Gasteiger partial charge on any atom is 0.330 e. The summed E-state index contributed by atoms with van der Waals surface area (Å²) in [5, 5.41) is 0. The van der Waals surface area contributed by atoms with Gasteiger partial charge in [0.1, 0.15) is 5.76 Å². The van der Waals surface area contributed by atoms with E-state index in [0.29, 0.717) is 6.61 Å². The van der Waals surface area contributed by atoms with E-state index in [9.17, 15) is 4.79 Å². The highest BCUT2D eigenvalue weighted by atomic mass is 16.5. The molecule has 0 N–H and O–H groups in total. The van der Waals surface area contributed by atoms with Crippen LogP contribution in [-0.4, -0.2) is 12.6 Å². The SMILES string of the molecule is CCOC(=O)C=C(C)C=CC=C(C)C=Cc1c(C)coc1C. The van der Waals surface area contributed by atoms with Gasteiger partial charge in [-0.2, -0.15) is 0 Å². The maximum absolute atomic E-state index is 11.3. The summed E-state index contributed by atoms with van der Waals surface area (Å²) < 4.78 is 10.2. The molecule has 0 bridgehead atoms. The third-order valence-electron chi connectivity index (χ3n) is 3.08. The van der Waals surface area contributed by atoms with Crippen molar-refractivity contribution in [1.29, 1.82) is 0 Å². The number of allylic oxidation sites excluding steroid dienone is 6. The molecule has 118 valence electrons. The molecule has 1 aromatic heterocycles. The van der Waals surface area contributed by atoms with Crippen molar-refractivity contribution in [2.75, 3.05) is 6.61 Å². The molecule has 0 aliphatic heterocycles. The zero-order chi connectivity index (χ0) is 16.5. The number of hydrogen-bond acceptors (Lipinski definition) is 3. The van der Waals surface area contributed by atoms with Gasteiger partial charge in [0.15, 0.2) is 0 Å². The van der Waals surface area contributed by atoms with Gasteiger partial charge in [-0.05, 0) is 45.8 Å². The van der Waals surface area contributed by atoms with E-state index in [1.807, 2.05) is 52.0 Å². The normalized spacial score (nSPS) is 13.3. The molecule has 0 aliphatic rings. The van der Waals surface area contributed by atoms with E-state index in [0.717, 1.165) is 28.0 Å². The topological polar surface area (TPSA) is 39.4 Å². The minimum atomic E-state index is -0.309. The number of hydrogen-bond donors (Lipinski definition) is 0. The predicted octanol–water partition coefficient (Wildman–Crippen LogP) is 4.92. The first-order chi connectivity index (χ1) is 10.4. The first kappa shape index (κ1) is 17.8. The van der Waals surface area contributed by atoms with Crippen LogP contribution in [0.25, 0.3) is 6.08 Å². The second kappa shape index (κ2) is 8.88. The molecule has 0 atom stereocenters. The number of ether oxygens (including phenoxy) is 1. The van der Waals surface area contributed by atoms with E-state index in [-0.39, 0.29) is 5.97 Å². The van der Waals surface area contributed by atoms with Gasteiger partial charge in [0.25, 0.3) is 0 Å². The van der Waals surface area contributed by atoms with Gasteiger partial charge in [-0.1, -0.05) is 36.0 Å². The Morgan fingerprint density at radius 2 is 1.95 bits per heavy atom. The maximum atomic E-state index is 11.3. The minimum absolute atomic E-state index is 0.309. The summed E-state index contributed by atoms with van der Waals surface area (Å²) in [7, 11) is 0. The van der Waals surface area contributed by atoms with Gasteiger partial charge in [-0.15, -0.1) is 0 Å². The molecule has 3 heteroatoms. The van der Waals surface area contributed by atoms with Gasteiger partial charge >= 0.3 is 5.97 Å². The van der Waals surface area contributed by atoms with Crippen LogP contribution in [0, 0.1) is 13.8 Å². The second-order valence-electron chi connectivity index (χ2n) is 5.13. The molecule has 0 aromatic carbocycles. The molecule has 0 fully saturated rings. The Hall–Kier alpha value is -2.29. The number of carbonyl (C=O) groups excluding carboxylic acids is 1. The van der Waals surface area contributed by atoms with Gasteiger partial charge in [-0.3, -0.25) is 0 Å². The van der Waals surface area contributed by atoms with E-state index >= 15 is 0 Å². The molecule has 0 saturated carbocycles. The van der Waals surface area contributed by atoms with E-state index in [2.05, 4.69) is 6.08 Å². The van der Waals surface area contributed by atoms with E-state index in [4.69, 9.17) is 9.15 Å². The molecular weight excluding hydrogens is 276 g/mol. The minimum Gasteiger partial charge on any atom is -0.469 e. The monoisotopic (exact) mass is 300 g/mol. The van der Waals surface area contributed by atoms with Crippen LogP contribution < -0.4 is 0 Å². The predicted molar refractivity (Wildman–Crippen MR) is 90.5 cm³/mol. The number of furan rings is 1. The fraction of sp³-hybridized carbons (Fsp3) is 0.316. The Bertz CT molecular complexity index is 606. The molecule has 0 aliphatic carbocycles. The molecule has 0 radical (unpaired) electrons.